The number of hydrogen-bond donors (Lipinski definition) is 2. The Bertz CT molecular complexity index is 1450. The zero-order valence-electron chi connectivity index (χ0n) is 21.4. The van der Waals surface area contributed by atoms with Crippen LogP contribution in [-0.4, -0.2) is 30.0 Å². The van der Waals surface area contributed by atoms with Crippen molar-refractivity contribution in [2.24, 2.45) is 0 Å². The monoisotopic (exact) mass is 536 g/mol. The Labute approximate surface area is 232 Å². The molecule has 2 amide bonds. The number of ketones is 1. The van der Waals surface area contributed by atoms with Crippen LogP contribution in [0.1, 0.15) is 33.2 Å². The van der Waals surface area contributed by atoms with Crippen LogP contribution in [-0.2, 0) is 4.79 Å². The first-order valence-corrected chi connectivity index (χ1v) is 13.4. The quantitative estimate of drug-likeness (QED) is 0.130. The molecular weight excluding hydrogens is 508 g/mol. The normalized spacial score (nSPS) is 10.9. The van der Waals surface area contributed by atoms with E-state index in [0.29, 0.717) is 29.2 Å². The number of benzene rings is 4. The smallest absolute Gasteiger partial charge is 0.272 e. The van der Waals surface area contributed by atoms with E-state index < -0.39 is 11.8 Å². The Kier molecular flexibility index (Phi) is 9.69. The summed E-state index contributed by atoms with van der Waals surface area (Å²) in [5, 5.41) is 5.61. The number of Topliss-reactive ketones (excluding diaryl/α,β-unsaturated/α-hetero) is 1. The average Bonchev–Trinajstić information content (AvgIpc) is 2.97. The number of ether oxygens (including phenoxy) is 1. The molecule has 4 aromatic carbocycles. The zero-order valence-corrected chi connectivity index (χ0v) is 22.2. The van der Waals surface area contributed by atoms with Crippen molar-refractivity contribution in [1.82, 2.24) is 5.32 Å². The predicted molar refractivity (Wildman–Crippen MR) is 156 cm³/mol. The first kappa shape index (κ1) is 27.4. The number of nitrogens with one attached hydrogen (secondary N) is 2. The second kappa shape index (κ2) is 13.8. The highest BCUT2D eigenvalue weighted by Crippen LogP contribution is 2.23. The third-order valence-corrected chi connectivity index (χ3v) is 6.58. The summed E-state index contributed by atoms with van der Waals surface area (Å²) in [6.45, 7) is 2.46. The van der Waals surface area contributed by atoms with Gasteiger partial charge in [0.1, 0.15) is 11.4 Å². The molecule has 2 N–H and O–H groups in total. The molecule has 39 heavy (non-hydrogen) atoms. The van der Waals surface area contributed by atoms with Gasteiger partial charge in [-0.2, -0.15) is 0 Å². The molecule has 0 aliphatic carbocycles. The topological polar surface area (TPSA) is 84.5 Å². The summed E-state index contributed by atoms with van der Waals surface area (Å²) in [4.78, 5) is 39.5. The van der Waals surface area contributed by atoms with Crippen molar-refractivity contribution < 1.29 is 19.1 Å². The molecule has 0 bridgehead atoms. The van der Waals surface area contributed by atoms with Gasteiger partial charge >= 0.3 is 0 Å². The van der Waals surface area contributed by atoms with Gasteiger partial charge in [-0.1, -0.05) is 66.7 Å². The minimum Gasteiger partial charge on any atom is -0.494 e. The van der Waals surface area contributed by atoms with Crippen LogP contribution in [0.25, 0.3) is 6.08 Å². The molecule has 0 fully saturated rings. The van der Waals surface area contributed by atoms with Gasteiger partial charge in [0.2, 0.25) is 0 Å². The maximum atomic E-state index is 13.3. The summed E-state index contributed by atoms with van der Waals surface area (Å²) in [7, 11) is 0. The summed E-state index contributed by atoms with van der Waals surface area (Å²) in [5.41, 5.74) is 2.45. The molecule has 4 aromatic rings. The minimum absolute atomic E-state index is 0.0271. The maximum Gasteiger partial charge on any atom is 0.272 e. The van der Waals surface area contributed by atoms with Crippen LogP contribution >= 0.6 is 11.8 Å². The van der Waals surface area contributed by atoms with Crippen molar-refractivity contribution in [2.75, 3.05) is 17.7 Å². The van der Waals surface area contributed by atoms with Gasteiger partial charge < -0.3 is 15.4 Å². The molecule has 0 saturated heterocycles. The first-order chi connectivity index (χ1) is 19.0. The van der Waals surface area contributed by atoms with Crippen molar-refractivity contribution in [3.63, 3.8) is 0 Å². The number of anilines is 1. The Morgan fingerprint density at radius 1 is 0.795 bits per heavy atom. The Balaban J connectivity index is 1.50. The summed E-state index contributed by atoms with van der Waals surface area (Å²) >= 11 is 1.39. The molecule has 0 heterocycles. The highest BCUT2D eigenvalue weighted by atomic mass is 32.2. The van der Waals surface area contributed by atoms with Gasteiger partial charge in [0.05, 0.1) is 12.4 Å². The number of amides is 2. The fourth-order valence-corrected chi connectivity index (χ4v) is 4.50. The lowest BCUT2D eigenvalue weighted by atomic mass is 10.1. The predicted octanol–water partition coefficient (Wildman–Crippen LogP) is 6.47. The van der Waals surface area contributed by atoms with Crippen LogP contribution in [0.2, 0.25) is 0 Å². The number of hydrogen-bond acceptors (Lipinski definition) is 5. The third kappa shape index (κ3) is 8.18. The van der Waals surface area contributed by atoms with E-state index in [1.54, 1.807) is 66.7 Å². The van der Waals surface area contributed by atoms with E-state index in [9.17, 15) is 14.4 Å². The molecular formula is C32H28N2O4S. The third-order valence-electron chi connectivity index (χ3n) is 5.59. The van der Waals surface area contributed by atoms with E-state index in [0.717, 1.165) is 10.5 Å². The van der Waals surface area contributed by atoms with E-state index in [2.05, 4.69) is 10.6 Å². The lowest BCUT2D eigenvalue weighted by molar-refractivity contribution is -0.113. The summed E-state index contributed by atoms with van der Waals surface area (Å²) < 4.78 is 5.49. The fourth-order valence-electron chi connectivity index (χ4n) is 3.65. The second-order valence-corrected chi connectivity index (χ2v) is 9.49. The van der Waals surface area contributed by atoms with E-state index in [-0.39, 0.29) is 17.2 Å². The first-order valence-electron chi connectivity index (χ1n) is 12.5. The maximum absolute atomic E-state index is 13.3. The Morgan fingerprint density at radius 2 is 1.46 bits per heavy atom. The highest BCUT2D eigenvalue weighted by molar-refractivity contribution is 8.00. The zero-order chi connectivity index (χ0) is 27.5. The molecule has 6 nitrogen and oxygen atoms in total. The fraction of sp³-hybridized carbons (Fsp3) is 0.0938. The number of carbonyl (C=O) groups is 3. The van der Waals surface area contributed by atoms with E-state index in [1.165, 1.54) is 11.8 Å². The minimum atomic E-state index is -0.476. The molecule has 0 atom stereocenters. The van der Waals surface area contributed by atoms with E-state index >= 15 is 0 Å². The van der Waals surface area contributed by atoms with Gasteiger partial charge in [-0.3, -0.25) is 14.4 Å². The summed E-state index contributed by atoms with van der Waals surface area (Å²) in [6.07, 6.45) is 1.61. The standard InChI is InChI=1S/C32H28N2O4S/c1-2-38-27-18-16-23(17-19-27)20-29(34-31(36)25-12-7-4-8-13-25)32(37)33-26-14-9-15-28(21-26)39-22-30(35)24-10-5-3-6-11-24/h3-21H,2,22H2,1H3,(H,33,37)(H,34,36)/b29-20-. The molecule has 7 heteroatoms. The van der Waals surface area contributed by atoms with Crippen LogP contribution in [0.15, 0.2) is 120 Å². The molecule has 0 radical (unpaired) electrons. The van der Waals surface area contributed by atoms with Crippen molar-refractivity contribution in [1.29, 1.82) is 0 Å². The average molecular weight is 537 g/mol. The van der Waals surface area contributed by atoms with Gasteiger partial charge in [0, 0.05) is 21.7 Å². The summed E-state index contributed by atoms with van der Waals surface area (Å²) in [6, 6.07) is 32.3. The van der Waals surface area contributed by atoms with Crippen molar-refractivity contribution >= 4 is 41.1 Å². The summed E-state index contributed by atoms with van der Waals surface area (Å²) in [5.74, 6) is 0.146. The largest absolute Gasteiger partial charge is 0.494 e. The van der Waals surface area contributed by atoms with Gasteiger partial charge in [-0.05, 0) is 61.0 Å². The van der Waals surface area contributed by atoms with Crippen molar-refractivity contribution in [3.8, 4) is 5.75 Å². The molecule has 0 aliphatic rings. The molecule has 196 valence electrons. The molecule has 0 unspecified atom stereocenters. The van der Waals surface area contributed by atoms with Crippen LogP contribution in [0.4, 0.5) is 5.69 Å². The number of carbonyl (C=O) groups excluding carboxylic acids is 3. The van der Waals surface area contributed by atoms with Gasteiger partial charge in [-0.25, -0.2) is 0 Å². The SMILES string of the molecule is CCOc1ccc(/C=C(\NC(=O)c2ccccc2)C(=O)Nc2cccc(SCC(=O)c3ccccc3)c2)cc1. The van der Waals surface area contributed by atoms with Gasteiger partial charge in [0.25, 0.3) is 11.8 Å². The van der Waals surface area contributed by atoms with Crippen molar-refractivity contribution in [3.05, 3.63) is 132 Å². The van der Waals surface area contributed by atoms with Crippen molar-refractivity contribution in [2.45, 2.75) is 11.8 Å². The highest BCUT2D eigenvalue weighted by Gasteiger charge is 2.16. The van der Waals surface area contributed by atoms with Crippen LogP contribution in [0, 0.1) is 0 Å². The lowest BCUT2D eigenvalue weighted by Gasteiger charge is -2.12. The van der Waals surface area contributed by atoms with Crippen LogP contribution in [0.5, 0.6) is 5.75 Å². The lowest BCUT2D eigenvalue weighted by Crippen LogP contribution is -2.30. The van der Waals surface area contributed by atoms with E-state index in [4.69, 9.17) is 4.74 Å². The Hall–Kier alpha value is -4.62. The van der Waals surface area contributed by atoms with E-state index in [1.807, 2.05) is 55.5 Å². The van der Waals surface area contributed by atoms with Crippen LogP contribution in [0.3, 0.4) is 0 Å². The number of rotatable bonds is 11. The molecule has 0 aromatic heterocycles. The number of thioether (sulfide) groups is 1. The van der Waals surface area contributed by atoms with Gasteiger partial charge in [-0.15, -0.1) is 11.8 Å². The second-order valence-electron chi connectivity index (χ2n) is 8.44. The Morgan fingerprint density at radius 3 is 2.13 bits per heavy atom. The molecule has 0 aliphatic heterocycles. The molecule has 0 saturated carbocycles. The van der Waals surface area contributed by atoms with Gasteiger partial charge in [0.15, 0.2) is 5.78 Å². The molecule has 0 spiro atoms. The molecule has 4 rings (SSSR count). The van der Waals surface area contributed by atoms with Crippen LogP contribution < -0.4 is 15.4 Å².